The monoisotopic (exact) mass is 461 g/mol. The van der Waals surface area contributed by atoms with Crippen molar-refractivity contribution in [2.75, 3.05) is 26.0 Å². The first-order valence-corrected chi connectivity index (χ1v) is 12.6. The summed E-state index contributed by atoms with van der Waals surface area (Å²) in [5, 5.41) is 0.686. The number of ketones is 1. The standard InChI is InChI=1S/C22H27N3O4S2/c1-5-24(6-2)31(27,28)18-11-12-20-19(14-18)23-22(25(20)7-3)30-15-21(26)16-9-8-10-17(13-16)29-4/h8-14H,5-7,15H2,1-4H3. The van der Waals surface area contributed by atoms with Crippen LogP contribution in [0.2, 0.25) is 0 Å². The molecule has 1 heterocycles. The SMILES string of the molecule is CCN(CC)S(=O)(=O)c1ccc2c(c1)nc(SCC(=O)c1cccc(OC)c1)n2CC. The minimum atomic E-state index is -3.56. The molecule has 166 valence electrons. The summed E-state index contributed by atoms with van der Waals surface area (Å²) in [4.78, 5) is 17.5. The summed E-state index contributed by atoms with van der Waals surface area (Å²) in [6, 6.07) is 12.1. The molecule has 0 aliphatic carbocycles. The van der Waals surface area contributed by atoms with Crippen molar-refractivity contribution in [1.82, 2.24) is 13.9 Å². The summed E-state index contributed by atoms with van der Waals surface area (Å²) >= 11 is 1.34. The number of carbonyl (C=O) groups is 1. The quantitative estimate of drug-likeness (QED) is 0.334. The van der Waals surface area contributed by atoms with Crippen LogP contribution in [-0.4, -0.2) is 54.0 Å². The Morgan fingerprint density at radius 1 is 1.13 bits per heavy atom. The normalized spacial score (nSPS) is 11.9. The number of hydrogen-bond acceptors (Lipinski definition) is 6. The van der Waals surface area contributed by atoms with E-state index in [0.29, 0.717) is 41.6 Å². The number of ether oxygens (including phenoxy) is 1. The Morgan fingerprint density at radius 3 is 2.52 bits per heavy atom. The lowest BCUT2D eigenvalue weighted by Gasteiger charge is -2.18. The zero-order valence-corrected chi connectivity index (χ0v) is 19.8. The van der Waals surface area contributed by atoms with E-state index in [2.05, 4.69) is 4.98 Å². The Kier molecular flexibility index (Phi) is 7.40. The Bertz CT molecular complexity index is 1180. The summed E-state index contributed by atoms with van der Waals surface area (Å²) < 4.78 is 34.3. The van der Waals surface area contributed by atoms with Crippen LogP contribution in [0.25, 0.3) is 11.0 Å². The zero-order valence-electron chi connectivity index (χ0n) is 18.2. The first-order chi connectivity index (χ1) is 14.8. The van der Waals surface area contributed by atoms with Crippen LogP contribution < -0.4 is 4.74 Å². The van der Waals surface area contributed by atoms with Gasteiger partial charge in [0.1, 0.15) is 5.75 Å². The van der Waals surface area contributed by atoms with E-state index in [1.165, 1.54) is 16.1 Å². The lowest BCUT2D eigenvalue weighted by atomic mass is 10.1. The molecule has 0 saturated carbocycles. The van der Waals surface area contributed by atoms with E-state index < -0.39 is 10.0 Å². The zero-order chi connectivity index (χ0) is 22.6. The van der Waals surface area contributed by atoms with Crippen LogP contribution in [0, 0.1) is 0 Å². The van der Waals surface area contributed by atoms with Gasteiger partial charge < -0.3 is 9.30 Å². The van der Waals surface area contributed by atoms with E-state index in [0.717, 1.165) is 5.52 Å². The molecule has 3 rings (SSSR count). The first kappa shape index (κ1) is 23.3. The second-order valence-electron chi connectivity index (χ2n) is 6.82. The third-order valence-electron chi connectivity index (χ3n) is 5.07. The van der Waals surface area contributed by atoms with Gasteiger partial charge in [0.25, 0.3) is 0 Å². The summed E-state index contributed by atoms with van der Waals surface area (Å²) in [5.74, 6) is 0.836. The van der Waals surface area contributed by atoms with Gasteiger partial charge in [-0.3, -0.25) is 4.79 Å². The number of Topliss-reactive ketones (excluding diaryl/α,β-unsaturated/α-hetero) is 1. The van der Waals surface area contributed by atoms with Gasteiger partial charge in [-0.1, -0.05) is 37.7 Å². The number of nitrogens with zero attached hydrogens (tertiary/aromatic N) is 3. The average Bonchev–Trinajstić information content (AvgIpc) is 3.14. The van der Waals surface area contributed by atoms with Crippen LogP contribution in [0.3, 0.4) is 0 Å². The van der Waals surface area contributed by atoms with Crippen molar-refractivity contribution < 1.29 is 17.9 Å². The van der Waals surface area contributed by atoms with Gasteiger partial charge in [-0.2, -0.15) is 4.31 Å². The third kappa shape index (κ3) is 4.78. The summed E-state index contributed by atoms with van der Waals surface area (Å²) in [5.41, 5.74) is 2.03. The number of aromatic nitrogens is 2. The number of benzene rings is 2. The Hall–Kier alpha value is -2.36. The van der Waals surface area contributed by atoms with E-state index in [1.807, 2.05) is 25.3 Å². The Labute approximate surface area is 187 Å². The van der Waals surface area contributed by atoms with Crippen LogP contribution in [0.1, 0.15) is 31.1 Å². The number of sulfonamides is 1. The van der Waals surface area contributed by atoms with Crippen LogP contribution in [0.4, 0.5) is 0 Å². The predicted molar refractivity (Wildman–Crippen MR) is 124 cm³/mol. The average molecular weight is 462 g/mol. The number of imidazole rings is 1. The van der Waals surface area contributed by atoms with Gasteiger partial charge in [-0.25, -0.2) is 13.4 Å². The lowest BCUT2D eigenvalue weighted by Crippen LogP contribution is -2.30. The number of rotatable bonds is 10. The molecule has 3 aromatic rings. The summed E-state index contributed by atoms with van der Waals surface area (Å²) in [6.45, 7) is 7.12. The molecule has 0 aliphatic rings. The van der Waals surface area contributed by atoms with E-state index >= 15 is 0 Å². The fraction of sp³-hybridized carbons (Fsp3) is 0.364. The van der Waals surface area contributed by atoms with E-state index in [1.54, 1.807) is 49.6 Å². The molecule has 1 aromatic heterocycles. The predicted octanol–water partition coefficient (Wildman–Crippen LogP) is 4.07. The van der Waals surface area contributed by atoms with E-state index in [-0.39, 0.29) is 16.4 Å². The van der Waals surface area contributed by atoms with Gasteiger partial charge in [0, 0.05) is 25.2 Å². The first-order valence-electron chi connectivity index (χ1n) is 10.2. The molecule has 0 unspecified atom stereocenters. The highest BCUT2D eigenvalue weighted by molar-refractivity contribution is 7.99. The van der Waals surface area contributed by atoms with Gasteiger partial charge in [0.2, 0.25) is 10.0 Å². The molecule has 0 aliphatic heterocycles. The third-order valence-corrected chi connectivity index (χ3v) is 8.09. The van der Waals surface area contributed by atoms with Crippen molar-refractivity contribution in [2.24, 2.45) is 0 Å². The second-order valence-corrected chi connectivity index (χ2v) is 9.70. The number of thioether (sulfide) groups is 1. The molecule has 7 nitrogen and oxygen atoms in total. The second kappa shape index (κ2) is 9.84. The van der Waals surface area contributed by atoms with Crippen molar-refractivity contribution in [3.8, 4) is 5.75 Å². The molecule has 0 N–H and O–H groups in total. The van der Waals surface area contributed by atoms with Crippen LogP contribution in [-0.2, 0) is 16.6 Å². The fourth-order valence-electron chi connectivity index (χ4n) is 3.39. The lowest BCUT2D eigenvalue weighted by molar-refractivity contribution is 0.102. The van der Waals surface area contributed by atoms with Crippen molar-refractivity contribution in [3.05, 3.63) is 48.0 Å². The highest BCUT2D eigenvalue weighted by Crippen LogP contribution is 2.28. The largest absolute Gasteiger partial charge is 0.497 e. The molecule has 0 atom stereocenters. The van der Waals surface area contributed by atoms with Crippen molar-refractivity contribution >= 4 is 38.6 Å². The van der Waals surface area contributed by atoms with E-state index in [9.17, 15) is 13.2 Å². The number of carbonyl (C=O) groups excluding carboxylic acids is 1. The highest BCUT2D eigenvalue weighted by atomic mass is 32.2. The Balaban J connectivity index is 1.88. The van der Waals surface area contributed by atoms with Crippen LogP contribution >= 0.6 is 11.8 Å². The molecule has 9 heteroatoms. The highest BCUT2D eigenvalue weighted by Gasteiger charge is 2.23. The topological polar surface area (TPSA) is 81.5 Å². The molecule has 31 heavy (non-hydrogen) atoms. The molecule has 0 bridgehead atoms. The summed E-state index contributed by atoms with van der Waals surface area (Å²) in [6.07, 6.45) is 0. The maximum absolute atomic E-state index is 12.9. The van der Waals surface area contributed by atoms with Gasteiger partial charge in [-0.05, 0) is 37.3 Å². The number of hydrogen-bond donors (Lipinski definition) is 0. The minimum absolute atomic E-state index is 0.0246. The molecule has 0 radical (unpaired) electrons. The number of aryl methyl sites for hydroxylation is 1. The maximum atomic E-state index is 12.9. The van der Waals surface area contributed by atoms with Crippen molar-refractivity contribution in [2.45, 2.75) is 37.4 Å². The molecular weight excluding hydrogens is 434 g/mol. The molecule has 0 amide bonds. The molecular formula is C22H27N3O4S2. The number of fused-ring (bicyclic) bond motifs is 1. The van der Waals surface area contributed by atoms with Gasteiger partial charge in [-0.15, -0.1) is 0 Å². The van der Waals surface area contributed by atoms with Crippen LogP contribution in [0.15, 0.2) is 52.5 Å². The molecule has 0 saturated heterocycles. The summed E-state index contributed by atoms with van der Waals surface area (Å²) in [7, 11) is -1.99. The fourth-order valence-corrected chi connectivity index (χ4v) is 5.84. The maximum Gasteiger partial charge on any atom is 0.243 e. The van der Waals surface area contributed by atoms with Crippen molar-refractivity contribution in [3.63, 3.8) is 0 Å². The Morgan fingerprint density at radius 2 is 1.87 bits per heavy atom. The smallest absolute Gasteiger partial charge is 0.243 e. The van der Waals surface area contributed by atoms with Gasteiger partial charge in [0.15, 0.2) is 10.9 Å². The van der Waals surface area contributed by atoms with Gasteiger partial charge in [0.05, 0.1) is 28.8 Å². The van der Waals surface area contributed by atoms with Gasteiger partial charge >= 0.3 is 0 Å². The number of methoxy groups -OCH3 is 1. The molecule has 0 fully saturated rings. The minimum Gasteiger partial charge on any atom is -0.497 e. The molecule has 0 spiro atoms. The molecule has 2 aromatic carbocycles. The van der Waals surface area contributed by atoms with Crippen LogP contribution in [0.5, 0.6) is 5.75 Å². The van der Waals surface area contributed by atoms with E-state index in [4.69, 9.17) is 4.74 Å². The van der Waals surface area contributed by atoms with Crippen molar-refractivity contribution in [1.29, 1.82) is 0 Å².